The minimum absolute atomic E-state index is 0.0894. The average Bonchev–Trinajstić information content (AvgIpc) is 3.48. The quantitative estimate of drug-likeness (QED) is 0.659. The standard InChI is InChI=1S/C23H29N3O5S/c1-17-22(21(31-24-17)10-7-18-5-8-20(30-2)9-6-18)32(28,29)26-15-11-19(12-16-26)23(27)25-13-3-4-14-25/h5-10,19H,3-4,11-16H2,1-2H3/b10-7+. The number of aryl methyl sites for hydroxylation is 1. The molecule has 2 aliphatic rings. The predicted octanol–water partition coefficient (Wildman–Crippen LogP) is 3.19. The molecule has 0 aliphatic carbocycles. The van der Waals surface area contributed by atoms with E-state index in [1.54, 1.807) is 26.2 Å². The van der Waals surface area contributed by atoms with Crippen LogP contribution < -0.4 is 4.74 Å². The number of benzene rings is 1. The molecule has 4 rings (SSSR count). The second kappa shape index (κ2) is 9.46. The third-order valence-electron chi connectivity index (χ3n) is 6.20. The number of methoxy groups -OCH3 is 1. The molecule has 2 aromatic rings. The van der Waals surface area contributed by atoms with Gasteiger partial charge in [0.05, 0.1) is 7.11 Å². The van der Waals surface area contributed by atoms with Crippen LogP contribution in [0.1, 0.15) is 42.7 Å². The Morgan fingerprint density at radius 3 is 2.38 bits per heavy atom. The molecule has 172 valence electrons. The molecule has 0 saturated carbocycles. The summed E-state index contributed by atoms with van der Waals surface area (Å²) in [6.07, 6.45) is 6.58. The number of carbonyl (C=O) groups is 1. The third-order valence-corrected chi connectivity index (χ3v) is 8.25. The minimum Gasteiger partial charge on any atom is -0.497 e. The molecule has 2 saturated heterocycles. The van der Waals surface area contributed by atoms with Crippen LogP contribution in [0.4, 0.5) is 0 Å². The van der Waals surface area contributed by atoms with E-state index in [2.05, 4.69) is 5.16 Å². The molecular weight excluding hydrogens is 430 g/mol. The normalized spacial score (nSPS) is 18.5. The number of likely N-dealkylation sites (tertiary alicyclic amines) is 1. The first-order chi connectivity index (χ1) is 15.4. The first kappa shape index (κ1) is 22.5. The molecule has 2 aliphatic heterocycles. The first-order valence-corrected chi connectivity index (χ1v) is 12.4. The predicted molar refractivity (Wildman–Crippen MR) is 120 cm³/mol. The lowest BCUT2D eigenvalue weighted by atomic mass is 9.97. The van der Waals surface area contributed by atoms with Crippen LogP contribution in [-0.2, 0) is 14.8 Å². The van der Waals surface area contributed by atoms with Gasteiger partial charge in [-0.15, -0.1) is 0 Å². The molecule has 0 atom stereocenters. The van der Waals surface area contributed by atoms with E-state index in [1.807, 2.05) is 29.2 Å². The SMILES string of the molecule is COc1ccc(/C=C/c2onc(C)c2S(=O)(=O)N2CCC(C(=O)N3CCCC3)CC2)cc1. The number of ether oxygens (including phenoxy) is 1. The summed E-state index contributed by atoms with van der Waals surface area (Å²) < 4.78 is 38.7. The molecule has 9 heteroatoms. The van der Waals surface area contributed by atoms with Crippen molar-refractivity contribution < 1.29 is 22.5 Å². The van der Waals surface area contributed by atoms with E-state index < -0.39 is 10.0 Å². The molecule has 0 spiro atoms. The molecule has 0 radical (unpaired) electrons. The zero-order valence-electron chi connectivity index (χ0n) is 18.5. The van der Waals surface area contributed by atoms with E-state index in [9.17, 15) is 13.2 Å². The van der Waals surface area contributed by atoms with Crippen LogP contribution in [0, 0.1) is 12.8 Å². The molecule has 32 heavy (non-hydrogen) atoms. The van der Waals surface area contributed by atoms with Crippen LogP contribution in [0.25, 0.3) is 12.2 Å². The van der Waals surface area contributed by atoms with Crippen LogP contribution in [0.2, 0.25) is 0 Å². The van der Waals surface area contributed by atoms with Gasteiger partial charge >= 0.3 is 0 Å². The lowest BCUT2D eigenvalue weighted by Crippen LogP contribution is -2.43. The number of aromatic nitrogens is 1. The number of sulfonamides is 1. The number of piperidine rings is 1. The lowest BCUT2D eigenvalue weighted by molar-refractivity contribution is -0.135. The lowest BCUT2D eigenvalue weighted by Gasteiger charge is -2.32. The van der Waals surface area contributed by atoms with Crippen molar-refractivity contribution in [3.8, 4) is 5.75 Å². The minimum atomic E-state index is -3.78. The fourth-order valence-corrected chi connectivity index (χ4v) is 6.07. The van der Waals surface area contributed by atoms with E-state index in [4.69, 9.17) is 9.26 Å². The van der Waals surface area contributed by atoms with Crippen molar-refractivity contribution in [2.45, 2.75) is 37.5 Å². The Labute approximate surface area is 188 Å². The van der Waals surface area contributed by atoms with Crippen LogP contribution in [0.15, 0.2) is 33.7 Å². The molecule has 0 N–H and O–H groups in total. The number of hydrogen-bond acceptors (Lipinski definition) is 6. The number of hydrogen-bond donors (Lipinski definition) is 0. The Bertz CT molecular complexity index is 1080. The fourth-order valence-electron chi connectivity index (χ4n) is 4.35. The van der Waals surface area contributed by atoms with E-state index in [-0.39, 0.29) is 22.5 Å². The van der Waals surface area contributed by atoms with E-state index in [0.717, 1.165) is 37.2 Å². The van der Waals surface area contributed by atoms with Crippen molar-refractivity contribution in [3.05, 3.63) is 41.3 Å². The Morgan fingerprint density at radius 1 is 1.09 bits per heavy atom. The maximum atomic E-state index is 13.4. The molecule has 0 unspecified atom stereocenters. The van der Waals surface area contributed by atoms with Crippen molar-refractivity contribution in [2.75, 3.05) is 33.3 Å². The van der Waals surface area contributed by atoms with E-state index in [1.165, 1.54) is 4.31 Å². The summed E-state index contributed by atoms with van der Waals surface area (Å²) in [5.41, 5.74) is 1.21. The van der Waals surface area contributed by atoms with E-state index >= 15 is 0 Å². The molecule has 2 fully saturated rings. The van der Waals surface area contributed by atoms with Crippen molar-refractivity contribution in [3.63, 3.8) is 0 Å². The van der Waals surface area contributed by atoms with Gasteiger partial charge in [0, 0.05) is 32.1 Å². The van der Waals surface area contributed by atoms with Gasteiger partial charge in [0.2, 0.25) is 15.9 Å². The van der Waals surface area contributed by atoms with Crippen molar-refractivity contribution >= 4 is 28.1 Å². The van der Waals surface area contributed by atoms with Crippen molar-refractivity contribution in [2.24, 2.45) is 5.92 Å². The van der Waals surface area contributed by atoms with Crippen LogP contribution >= 0.6 is 0 Å². The summed E-state index contributed by atoms with van der Waals surface area (Å²) in [6, 6.07) is 7.40. The molecule has 3 heterocycles. The largest absolute Gasteiger partial charge is 0.497 e. The zero-order chi connectivity index (χ0) is 22.7. The van der Waals surface area contributed by atoms with Crippen LogP contribution in [-0.4, -0.2) is 62.0 Å². The molecule has 1 aromatic carbocycles. The fraction of sp³-hybridized carbons (Fsp3) is 0.478. The summed E-state index contributed by atoms with van der Waals surface area (Å²) in [5, 5.41) is 3.90. The average molecular weight is 460 g/mol. The number of nitrogens with zero attached hydrogens (tertiary/aromatic N) is 3. The van der Waals surface area contributed by atoms with Crippen molar-refractivity contribution in [1.82, 2.24) is 14.4 Å². The van der Waals surface area contributed by atoms with Gasteiger partial charge in [-0.2, -0.15) is 4.31 Å². The molecular formula is C23H29N3O5S. The monoisotopic (exact) mass is 459 g/mol. The molecule has 0 bridgehead atoms. The highest BCUT2D eigenvalue weighted by Crippen LogP contribution is 2.30. The van der Waals surface area contributed by atoms with Gasteiger partial charge in [0.25, 0.3) is 0 Å². The molecule has 1 aromatic heterocycles. The van der Waals surface area contributed by atoms with Gasteiger partial charge < -0.3 is 14.2 Å². The topological polar surface area (TPSA) is 93.0 Å². The van der Waals surface area contributed by atoms with Crippen LogP contribution in [0.5, 0.6) is 5.75 Å². The zero-order valence-corrected chi connectivity index (χ0v) is 19.3. The smallest absolute Gasteiger partial charge is 0.248 e. The summed E-state index contributed by atoms with van der Waals surface area (Å²) in [4.78, 5) is 14.7. The van der Waals surface area contributed by atoms with E-state index in [0.29, 0.717) is 31.6 Å². The number of carbonyl (C=O) groups excluding carboxylic acids is 1. The van der Waals surface area contributed by atoms with Gasteiger partial charge in [-0.1, -0.05) is 23.4 Å². The Kier molecular flexibility index (Phi) is 6.66. The Morgan fingerprint density at radius 2 is 1.75 bits per heavy atom. The van der Waals surface area contributed by atoms with Gasteiger partial charge in [0.1, 0.15) is 11.4 Å². The van der Waals surface area contributed by atoms with Crippen molar-refractivity contribution in [1.29, 1.82) is 0 Å². The highest BCUT2D eigenvalue weighted by Gasteiger charge is 2.37. The maximum Gasteiger partial charge on any atom is 0.248 e. The summed E-state index contributed by atoms with van der Waals surface area (Å²) >= 11 is 0. The third kappa shape index (κ3) is 4.59. The Balaban J connectivity index is 1.47. The van der Waals surface area contributed by atoms with Gasteiger partial charge in [-0.05, 0) is 56.4 Å². The number of rotatable bonds is 6. The molecule has 1 amide bonds. The second-order valence-corrected chi connectivity index (χ2v) is 10.2. The highest BCUT2D eigenvalue weighted by molar-refractivity contribution is 7.89. The van der Waals surface area contributed by atoms with Gasteiger partial charge in [0.15, 0.2) is 10.7 Å². The summed E-state index contributed by atoms with van der Waals surface area (Å²) in [6.45, 7) is 3.91. The second-order valence-electron chi connectivity index (χ2n) is 8.28. The van der Waals surface area contributed by atoms with Gasteiger partial charge in [-0.25, -0.2) is 8.42 Å². The maximum absolute atomic E-state index is 13.4. The van der Waals surface area contributed by atoms with Gasteiger partial charge in [-0.3, -0.25) is 4.79 Å². The number of amides is 1. The summed E-state index contributed by atoms with van der Waals surface area (Å²) in [5.74, 6) is 1.02. The highest BCUT2D eigenvalue weighted by atomic mass is 32.2. The Hall–Kier alpha value is -2.65. The van der Waals surface area contributed by atoms with Crippen LogP contribution in [0.3, 0.4) is 0 Å². The molecule has 8 nitrogen and oxygen atoms in total. The summed E-state index contributed by atoms with van der Waals surface area (Å²) in [7, 11) is -2.18. The first-order valence-electron chi connectivity index (χ1n) is 11.0.